The van der Waals surface area contributed by atoms with Gasteiger partial charge in [-0.2, -0.15) is 0 Å². The van der Waals surface area contributed by atoms with E-state index in [0.29, 0.717) is 24.0 Å². The number of carbonyl (C=O) groups excluding carboxylic acids is 3. The Bertz CT molecular complexity index is 1270. The summed E-state index contributed by atoms with van der Waals surface area (Å²) >= 11 is 0. The molecular formula is C30H36O9. The molecule has 0 amide bonds. The van der Waals surface area contributed by atoms with Gasteiger partial charge in [0.2, 0.25) is 0 Å². The average Bonchev–Trinajstić information content (AvgIpc) is 3.61. The van der Waals surface area contributed by atoms with Crippen LogP contribution in [0.25, 0.3) is 0 Å². The van der Waals surface area contributed by atoms with Crippen molar-refractivity contribution in [1.82, 2.24) is 0 Å². The van der Waals surface area contributed by atoms with Crippen molar-refractivity contribution in [2.45, 2.75) is 82.6 Å². The first-order chi connectivity index (χ1) is 18.3. The number of aliphatic hydroxyl groups is 2. The highest BCUT2D eigenvalue weighted by Crippen LogP contribution is 2.74. The van der Waals surface area contributed by atoms with Gasteiger partial charge in [-0.15, -0.1) is 0 Å². The Morgan fingerprint density at radius 3 is 2.41 bits per heavy atom. The Hall–Kier alpha value is -2.59. The van der Waals surface area contributed by atoms with Crippen molar-refractivity contribution in [3.63, 3.8) is 0 Å². The first-order valence-electron chi connectivity index (χ1n) is 13.6. The van der Waals surface area contributed by atoms with Crippen molar-refractivity contribution in [1.29, 1.82) is 0 Å². The Morgan fingerprint density at radius 1 is 1.13 bits per heavy atom. The molecule has 0 aromatic heterocycles. The van der Waals surface area contributed by atoms with Gasteiger partial charge >= 0.3 is 11.9 Å². The molecule has 5 aliphatic rings. The fourth-order valence-corrected chi connectivity index (χ4v) is 8.46. The van der Waals surface area contributed by atoms with E-state index in [2.05, 4.69) is 0 Å². The van der Waals surface area contributed by atoms with Crippen LogP contribution in [0.5, 0.6) is 0 Å². The third-order valence-corrected chi connectivity index (χ3v) is 10.5. The van der Waals surface area contributed by atoms with Crippen LogP contribution in [0.15, 0.2) is 41.5 Å². The van der Waals surface area contributed by atoms with E-state index in [9.17, 15) is 24.6 Å². The van der Waals surface area contributed by atoms with E-state index in [0.717, 1.165) is 0 Å². The van der Waals surface area contributed by atoms with Gasteiger partial charge in [0.1, 0.15) is 23.9 Å². The molecule has 1 aromatic carbocycles. The standard InChI is InChI=1S/C30H36O9/c1-15-19(32)13-30(35)25(38-26(34)17-9-7-6-8-10-17)23-28(24(33)22(36-5)21(15)27(30,3)4)12-18(28)11-20-29(23,14-37-20)39-16(2)31/h6-10,18-20,22-23,25,32,35H,11-14H2,1-5H3/t18-,19+,20-,22-,23+,25+,28-,29+,30-/m1/s1. The zero-order valence-corrected chi connectivity index (χ0v) is 22.9. The van der Waals surface area contributed by atoms with E-state index in [1.165, 1.54) is 14.0 Å². The number of hydrogen-bond donors (Lipinski definition) is 2. The molecule has 4 fully saturated rings. The van der Waals surface area contributed by atoms with E-state index in [1.807, 2.05) is 0 Å². The number of esters is 2. The lowest BCUT2D eigenvalue weighted by Crippen LogP contribution is -2.78. The maximum Gasteiger partial charge on any atom is 0.338 e. The van der Waals surface area contributed by atoms with E-state index >= 15 is 0 Å². The molecule has 39 heavy (non-hydrogen) atoms. The number of rotatable bonds is 4. The lowest BCUT2D eigenvalue weighted by molar-refractivity contribution is -0.323. The molecule has 9 atom stereocenters. The molecule has 2 bridgehead atoms. The van der Waals surface area contributed by atoms with Gasteiger partial charge in [0, 0.05) is 31.3 Å². The van der Waals surface area contributed by atoms with Gasteiger partial charge in [-0.3, -0.25) is 9.59 Å². The Kier molecular flexibility index (Phi) is 5.77. The smallest absolute Gasteiger partial charge is 0.338 e. The molecule has 210 valence electrons. The van der Waals surface area contributed by atoms with Gasteiger partial charge in [0.25, 0.3) is 0 Å². The molecule has 2 N–H and O–H groups in total. The highest BCUT2D eigenvalue weighted by molar-refractivity contribution is 5.96. The number of benzene rings is 1. The van der Waals surface area contributed by atoms with Crippen molar-refractivity contribution in [3.05, 3.63) is 47.0 Å². The Balaban J connectivity index is 1.61. The maximum absolute atomic E-state index is 14.6. The molecule has 6 rings (SSSR count). The number of methoxy groups -OCH3 is 1. The number of carbonyl (C=O) groups is 3. The average molecular weight is 541 g/mol. The molecule has 3 saturated carbocycles. The third kappa shape index (κ3) is 3.30. The minimum Gasteiger partial charge on any atom is -0.455 e. The van der Waals surface area contributed by atoms with Crippen LogP contribution >= 0.6 is 0 Å². The van der Waals surface area contributed by atoms with Crippen molar-refractivity contribution < 1.29 is 43.5 Å². The van der Waals surface area contributed by atoms with Gasteiger partial charge in [-0.1, -0.05) is 32.0 Å². The molecule has 0 unspecified atom stereocenters. The summed E-state index contributed by atoms with van der Waals surface area (Å²) in [6.07, 6.45) is -3.08. The normalized spacial score (nSPS) is 43.5. The van der Waals surface area contributed by atoms with Gasteiger partial charge < -0.3 is 29.2 Å². The molecule has 0 radical (unpaired) electrons. The molecule has 1 heterocycles. The van der Waals surface area contributed by atoms with E-state index in [-0.39, 0.29) is 30.3 Å². The minimum atomic E-state index is -1.83. The fourth-order valence-electron chi connectivity index (χ4n) is 8.46. The van der Waals surface area contributed by atoms with Crippen molar-refractivity contribution in [3.8, 4) is 0 Å². The van der Waals surface area contributed by atoms with Crippen LogP contribution in [-0.2, 0) is 28.5 Å². The number of hydrogen-bond acceptors (Lipinski definition) is 9. The van der Waals surface area contributed by atoms with Crippen LogP contribution < -0.4 is 0 Å². The van der Waals surface area contributed by atoms with E-state index < -0.39 is 64.3 Å². The van der Waals surface area contributed by atoms with Gasteiger partial charge in [0.15, 0.2) is 11.4 Å². The van der Waals surface area contributed by atoms with Crippen LogP contribution in [0.4, 0.5) is 0 Å². The largest absolute Gasteiger partial charge is 0.455 e. The molecule has 1 aliphatic heterocycles. The highest BCUT2D eigenvalue weighted by atomic mass is 16.6. The topological polar surface area (TPSA) is 129 Å². The summed E-state index contributed by atoms with van der Waals surface area (Å²) < 4.78 is 24.1. The van der Waals surface area contributed by atoms with Crippen molar-refractivity contribution >= 4 is 17.7 Å². The first-order valence-corrected chi connectivity index (χ1v) is 13.6. The summed E-state index contributed by atoms with van der Waals surface area (Å²) in [6.45, 7) is 6.65. The Labute approximate surface area is 227 Å². The third-order valence-electron chi connectivity index (χ3n) is 10.5. The number of aliphatic hydroxyl groups excluding tert-OH is 1. The summed E-state index contributed by atoms with van der Waals surface area (Å²) in [7, 11) is 1.45. The number of ether oxygens (including phenoxy) is 4. The SMILES string of the molecule is CO[C@H]1C(=O)[C@]23C[C@H]2C[C@H]2OC[C@@]2(OC(C)=O)[C@H]3[C@H](OC(=O)c2ccccc2)[C@]2(O)C[C@H](O)C(C)=C1C2(C)C. The van der Waals surface area contributed by atoms with Gasteiger partial charge in [-0.05, 0) is 49.0 Å². The van der Waals surface area contributed by atoms with Gasteiger partial charge in [0.05, 0.1) is 24.2 Å². The van der Waals surface area contributed by atoms with Crippen LogP contribution in [0, 0.1) is 22.7 Å². The monoisotopic (exact) mass is 540 g/mol. The Morgan fingerprint density at radius 2 is 1.82 bits per heavy atom. The molecule has 1 spiro atoms. The predicted octanol–water partition coefficient (Wildman–Crippen LogP) is 2.37. The first kappa shape index (κ1) is 26.6. The number of ketones is 1. The summed E-state index contributed by atoms with van der Waals surface area (Å²) in [5.41, 5.74) is -3.97. The second kappa shape index (κ2) is 8.46. The summed E-state index contributed by atoms with van der Waals surface area (Å²) in [6, 6.07) is 8.44. The van der Waals surface area contributed by atoms with E-state index in [4.69, 9.17) is 18.9 Å². The van der Waals surface area contributed by atoms with Crippen LogP contribution in [-0.4, -0.2) is 77.3 Å². The van der Waals surface area contributed by atoms with Crippen molar-refractivity contribution in [2.75, 3.05) is 13.7 Å². The molecular weight excluding hydrogens is 504 g/mol. The molecule has 4 aliphatic carbocycles. The molecule has 9 nitrogen and oxygen atoms in total. The molecule has 9 heteroatoms. The quantitative estimate of drug-likeness (QED) is 0.437. The van der Waals surface area contributed by atoms with E-state index in [1.54, 1.807) is 51.1 Å². The van der Waals surface area contributed by atoms with Gasteiger partial charge in [-0.25, -0.2) is 4.79 Å². The van der Waals surface area contributed by atoms with Crippen molar-refractivity contribution in [2.24, 2.45) is 22.7 Å². The van der Waals surface area contributed by atoms with Crippen LogP contribution in [0.3, 0.4) is 0 Å². The molecule has 1 aromatic rings. The maximum atomic E-state index is 14.6. The zero-order chi connectivity index (χ0) is 28.1. The lowest BCUT2D eigenvalue weighted by atomic mass is 9.48. The number of Topliss-reactive ketones (excluding diaryl/α,β-unsaturated/α-hetero) is 1. The lowest BCUT2D eigenvalue weighted by Gasteiger charge is -2.64. The molecule has 1 saturated heterocycles. The summed E-state index contributed by atoms with van der Waals surface area (Å²) in [5, 5.41) is 24.0. The second-order valence-corrected chi connectivity index (χ2v) is 12.5. The summed E-state index contributed by atoms with van der Waals surface area (Å²) in [5.74, 6) is -2.43. The van der Waals surface area contributed by atoms with Crippen LogP contribution in [0.1, 0.15) is 57.3 Å². The minimum absolute atomic E-state index is 0.0154. The second-order valence-electron chi connectivity index (χ2n) is 12.5. The number of fused-ring (bicyclic) bond motifs is 4. The zero-order valence-electron chi connectivity index (χ0n) is 22.9. The highest BCUT2D eigenvalue weighted by Gasteiger charge is 2.83. The van der Waals surface area contributed by atoms with Crippen LogP contribution in [0.2, 0.25) is 0 Å². The predicted molar refractivity (Wildman–Crippen MR) is 136 cm³/mol. The fraction of sp³-hybridized carbons (Fsp3) is 0.633. The summed E-state index contributed by atoms with van der Waals surface area (Å²) in [4.78, 5) is 40.8.